The van der Waals surface area contributed by atoms with Crippen LogP contribution in [0.25, 0.3) is 77.2 Å². The second-order valence-electron chi connectivity index (χ2n) is 14.3. The van der Waals surface area contributed by atoms with E-state index in [1.165, 1.54) is 93.9 Å². The highest BCUT2D eigenvalue weighted by Gasteiger charge is 2.53. The molecule has 9 aromatic carbocycles. The fourth-order valence-electron chi connectivity index (χ4n) is 9.87. The van der Waals surface area contributed by atoms with Crippen LogP contribution in [0.2, 0.25) is 0 Å². The fraction of sp³-hybridized carbons (Fsp3) is 0.0196. The van der Waals surface area contributed by atoms with Gasteiger partial charge in [-0.25, -0.2) is 0 Å². The monoisotopic (exact) mass is 658 g/mol. The topological polar surface area (TPSA) is 9.23 Å². The molecule has 1 heterocycles. The molecule has 0 N–H and O–H groups in total. The van der Waals surface area contributed by atoms with Crippen LogP contribution in [0.5, 0.6) is 11.5 Å². The van der Waals surface area contributed by atoms with Crippen LogP contribution in [-0.4, -0.2) is 0 Å². The van der Waals surface area contributed by atoms with Gasteiger partial charge in [0.15, 0.2) is 0 Å². The summed E-state index contributed by atoms with van der Waals surface area (Å²) in [4.78, 5) is 0. The Morgan fingerprint density at radius 3 is 1.75 bits per heavy atom. The summed E-state index contributed by atoms with van der Waals surface area (Å²) in [6.07, 6.45) is 0. The van der Waals surface area contributed by atoms with Crippen molar-refractivity contribution >= 4 is 21.5 Å². The second-order valence-corrected chi connectivity index (χ2v) is 14.3. The predicted molar refractivity (Wildman–Crippen MR) is 214 cm³/mol. The number of fused-ring (bicyclic) bond motifs is 14. The maximum absolute atomic E-state index is 6.49. The molecule has 0 unspecified atom stereocenters. The van der Waals surface area contributed by atoms with Crippen LogP contribution in [0.4, 0.5) is 0 Å². The summed E-state index contributed by atoms with van der Waals surface area (Å²) in [5.74, 6) is 1.82. The maximum Gasteiger partial charge on any atom is 0.135 e. The highest BCUT2D eigenvalue weighted by molar-refractivity contribution is 6.13. The summed E-state index contributed by atoms with van der Waals surface area (Å²) in [6, 6.07) is 67.3. The molecule has 0 fully saturated rings. The summed E-state index contributed by atoms with van der Waals surface area (Å²) in [6.45, 7) is 0. The van der Waals surface area contributed by atoms with E-state index < -0.39 is 5.41 Å². The Labute approximate surface area is 302 Å². The third-order valence-electron chi connectivity index (χ3n) is 11.9. The molecule has 12 rings (SSSR count). The standard InChI is InChI=1S/C51H30O/c1-2-13-31(14-3-1)41-29-33-26-25-32(34-27-28-47-48-38(34)19-12-20-39(48)37-17-7-11-24-46(37)52-47)30-42(33)50-49(41)40-18-6-10-23-45(40)51(50)43-21-8-4-15-35(43)36-16-5-9-22-44(36)51/h1-30H. The molecule has 0 aromatic heterocycles. The number of ether oxygens (including phenoxy) is 1. The number of rotatable bonds is 2. The van der Waals surface area contributed by atoms with Gasteiger partial charge in [0.2, 0.25) is 0 Å². The number of hydrogen-bond donors (Lipinski definition) is 0. The summed E-state index contributed by atoms with van der Waals surface area (Å²) in [5, 5.41) is 4.91. The fourth-order valence-corrected chi connectivity index (χ4v) is 9.87. The number of para-hydroxylation sites is 1. The molecular weight excluding hydrogens is 629 g/mol. The molecule has 0 bridgehead atoms. The minimum atomic E-state index is -0.460. The lowest BCUT2D eigenvalue weighted by molar-refractivity contribution is 0.487. The lowest BCUT2D eigenvalue weighted by atomic mass is 9.69. The molecule has 0 atom stereocenters. The molecule has 0 saturated carbocycles. The van der Waals surface area contributed by atoms with Gasteiger partial charge in [0, 0.05) is 10.9 Å². The van der Waals surface area contributed by atoms with Gasteiger partial charge < -0.3 is 4.74 Å². The third kappa shape index (κ3) is 3.48. The molecule has 1 nitrogen and oxygen atoms in total. The Kier molecular flexibility index (Phi) is 5.49. The van der Waals surface area contributed by atoms with Crippen molar-refractivity contribution in [3.8, 4) is 67.1 Å². The smallest absolute Gasteiger partial charge is 0.135 e. The predicted octanol–water partition coefficient (Wildman–Crippen LogP) is 13.4. The van der Waals surface area contributed by atoms with E-state index in [9.17, 15) is 0 Å². The van der Waals surface area contributed by atoms with E-state index in [0.717, 1.165) is 17.1 Å². The Morgan fingerprint density at radius 1 is 0.346 bits per heavy atom. The zero-order valence-electron chi connectivity index (χ0n) is 28.2. The van der Waals surface area contributed by atoms with Crippen LogP contribution in [0.15, 0.2) is 182 Å². The van der Waals surface area contributed by atoms with E-state index in [4.69, 9.17) is 4.74 Å². The first kappa shape index (κ1) is 28.0. The average Bonchev–Trinajstić information content (AvgIpc) is 3.69. The van der Waals surface area contributed by atoms with Crippen molar-refractivity contribution in [1.82, 2.24) is 0 Å². The van der Waals surface area contributed by atoms with Gasteiger partial charge in [-0.2, -0.15) is 0 Å². The zero-order chi connectivity index (χ0) is 34.0. The molecule has 3 aliphatic rings. The number of hydrogen-bond acceptors (Lipinski definition) is 1. The molecule has 1 spiro atoms. The SMILES string of the molecule is c1ccc(-c2cc3ccc(-c4ccc5c6c(cccc46)-c4ccccc4O5)cc3c3c2-c2ccccc2C32c3ccccc3-c3ccccc32)cc1. The van der Waals surface area contributed by atoms with Gasteiger partial charge in [-0.1, -0.05) is 158 Å². The highest BCUT2D eigenvalue weighted by Crippen LogP contribution is 2.65. The van der Waals surface area contributed by atoms with Crippen molar-refractivity contribution in [2.45, 2.75) is 5.41 Å². The van der Waals surface area contributed by atoms with Crippen molar-refractivity contribution in [1.29, 1.82) is 0 Å². The highest BCUT2D eigenvalue weighted by atomic mass is 16.5. The van der Waals surface area contributed by atoms with Crippen LogP contribution in [0, 0.1) is 0 Å². The van der Waals surface area contributed by atoms with Gasteiger partial charge >= 0.3 is 0 Å². The summed E-state index contributed by atoms with van der Waals surface area (Å²) in [5.41, 5.74) is 17.6. The van der Waals surface area contributed by atoms with E-state index in [-0.39, 0.29) is 0 Å². The quantitative estimate of drug-likeness (QED) is 0.180. The Hall–Kier alpha value is -6.70. The van der Waals surface area contributed by atoms with Crippen LogP contribution in [0.1, 0.15) is 22.3 Å². The molecule has 1 aliphatic heterocycles. The Morgan fingerprint density at radius 2 is 0.981 bits per heavy atom. The van der Waals surface area contributed by atoms with Crippen LogP contribution < -0.4 is 4.74 Å². The minimum absolute atomic E-state index is 0.460. The summed E-state index contributed by atoms with van der Waals surface area (Å²) < 4.78 is 6.49. The van der Waals surface area contributed by atoms with Gasteiger partial charge in [-0.05, 0) is 113 Å². The van der Waals surface area contributed by atoms with Crippen LogP contribution in [-0.2, 0) is 5.41 Å². The van der Waals surface area contributed by atoms with Gasteiger partial charge in [-0.3, -0.25) is 0 Å². The largest absolute Gasteiger partial charge is 0.456 e. The molecule has 0 radical (unpaired) electrons. The summed E-state index contributed by atoms with van der Waals surface area (Å²) in [7, 11) is 0. The van der Waals surface area contributed by atoms with Gasteiger partial charge in [-0.15, -0.1) is 0 Å². The van der Waals surface area contributed by atoms with E-state index in [1.54, 1.807) is 0 Å². The van der Waals surface area contributed by atoms with Crippen molar-refractivity contribution in [2.75, 3.05) is 0 Å². The van der Waals surface area contributed by atoms with Crippen molar-refractivity contribution in [3.05, 3.63) is 204 Å². The van der Waals surface area contributed by atoms with Crippen LogP contribution in [0.3, 0.4) is 0 Å². The Bertz CT molecular complexity index is 2940. The molecule has 0 amide bonds. The molecule has 2 aliphatic carbocycles. The van der Waals surface area contributed by atoms with Crippen molar-refractivity contribution in [3.63, 3.8) is 0 Å². The third-order valence-corrected chi connectivity index (χ3v) is 11.9. The van der Waals surface area contributed by atoms with Gasteiger partial charge in [0.25, 0.3) is 0 Å². The molecule has 240 valence electrons. The van der Waals surface area contributed by atoms with E-state index in [1.807, 2.05) is 6.07 Å². The van der Waals surface area contributed by atoms with E-state index in [0.29, 0.717) is 0 Å². The maximum atomic E-state index is 6.49. The Balaban J connectivity index is 1.22. The molecular formula is C51H30O. The van der Waals surface area contributed by atoms with Crippen molar-refractivity contribution < 1.29 is 4.74 Å². The van der Waals surface area contributed by atoms with Crippen LogP contribution >= 0.6 is 0 Å². The summed E-state index contributed by atoms with van der Waals surface area (Å²) >= 11 is 0. The molecule has 0 saturated heterocycles. The first-order valence-corrected chi connectivity index (χ1v) is 18.1. The second kappa shape index (κ2) is 10.2. The lowest BCUT2D eigenvalue weighted by Gasteiger charge is -2.32. The lowest BCUT2D eigenvalue weighted by Crippen LogP contribution is -2.26. The molecule has 9 aromatic rings. The van der Waals surface area contributed by atoms with Gasteiger partial charge in [0.05, 0.1) is 5.41 Å². The number of benzene rings is 9. The zero-order valence-corrected chi connectivity index (χ0v) is 28.2. The van der Waals surface area contributed by atoms with E-state index in [2.05, 4.69) is 176 Å². The first-order chi connectivity index (χ1) is 25.8. The molecule has 1 heteroatoms. The van der Waals surface area contributed by atoms with Gasteiger partial charge in [0.1, 0.15) is 11.5 Å². The van der Waals surface area contributed by atoms with E-state index >= 15 is 0 Å². The average molecular weight is 659 g/mol. The first-order valence-electron chi connectivity index (χ1n) is 18.1. The van der Waals surface area contributed by atoms with Crippen molar-refractivity contribution in [2.24, 2.45) is 0 Å². The normalized spacial score (nSPS) is 13.7. The molecule has 52 heavy (non-hydrogen) atoms. The minimum Gasteiger partial charge on any atom is -0.456 e.